The number of fused-ring (bicyclic) bond motifs is 1. The zero-order valence-corrected chi connectivity index (χ0v) is 16.0. The van der Waals surface area contributed by atoms with Crippen molar-refractivity contribution in [1.29, 1.82) is 0 Å². The van der Waals surface area contributed by atoms with Gasteiger partial charge in [0.2, 0.25) is 5.52 Å². The standard InChI is InChI=1S/C19H12FN5O4S/c20-11-3-4-13(12(9-11)10-1-2-10)24(19(26)18-21-7-8-30-18)14-5-6-15(25(27)28)17-16(14)22-29-23-17/h3-10H,1-2H2. The number of rotatable bonds is 5. The van der Waals surface area contributed by atoms with Gasteiger partial charge in [0.15, 0.2) is 10.5 Å². The summed E-state index contributed by atoms with van der Waals surface area (Å²) in [5, 5.41) is 20.7. The summed E-state index contributed by atoms with van der Waals surface area (Å²) >= 11 is 1.15. The summed E-state index contributed by atoms with van der Waals surface area (Å²) in [6.45, 7) is 0. The molecule has 4 aromatic rings. The number of nitro groups is 1. The van der Waals surface area contributed by atoms with Crippen molar-refractivity contribution >= 4 is 45.3 Å². The number of carbonyl (C=O) groups is 1. The maximum Gasteiger partial charge on any atom is 0.300 e. The molecule has 150 valence electrons. The fourth-order valence-corrected chi connectivity index (χ4v) is 3.96. The maximum absolute atomic E-state index is 14.0. The number of aromatic nitrogens is 3. The molecule has 0 aliphatic heterocycles. The van der Waals surface area contributed by atoms with Crippen molar-refractivity contribution in [2.75, 3.05) is 4.90 Å². The predicted molar refractivity (Wildman–Crippen MR) is 105 cm³/mol. The van der Waals surface area contributed by atoms with Crippen LogP contribution >= 0.6 is 11.3 Å². The number of non-ortho nitro benzene ring substituents is 1. The van der Waals surface area contributed by atoms with Gasteiger partial charge in [-0.1, -0.05) is 0 Å². The molecule has 0 bridgehead atoms. The van der Waals surface area contributed by atoms with E-state index in [0.29, 0.717) is 11.3 Å². The summed E-state index contributed by atoms with van der Waals surface area (Å²) in [5.74, 6) is -0.734. The molecule has 1 saturated carbocycles. The molecule has 5 rings (SSSR count). The van der Waals surface area contributed by atoms with Gasteiger partial charge in [-0.15, -0.1) is 11.3 Å². The van der Waals surface area contributed by atoms with Gasteiger partial charge in [0.1, 0.15) is 5.82 Å². The molecule has 2 heterocycles. The summed E-state index contributed by atoms with van der Waals surface area (Å²) in [7, 11) is 0. The van der Waals surface area contributed by atoms with Crippen LogP contribution in [0.5, 0.6) is 0 Å². The first-order valence-electron chi connectivity index (χ1n) is 8.97. The second-order valence-electron chi connectivity index (χ2n) is 6.78. The summed E-state index contributed by atoms with van der Waals surface area (Å²) in [4.78, 5) is 29.6. The Balaban J connectivity index is 1.76. The third-order valence-electron chi connectivity index (χ3n) is 4.88. The van der Waals surface area contributed by atoms with E-state index in [-0.39, 0.29) is 33.3 Å². The zero-order valence-electron chi connectivity index (χ0n) is 15.2. The van der Waals surface area contributed by atoms with Crippen molar-refractivity contribution in [3.8, 4) is 0 Å². The Morgan fingerprint density at radius 1 is 1.20 bits per heavy atom. The molecule has 2 aromatic heterocycles. The summed E-state index contributed by atoms with van der Waals surface area (Å²) in [5.41, 5.74) is 1.08. The van der Waals surface area contributed by atoms with Crippen LogP contribution in [0.2, 0.25) is 0 Å². The second kappa shape index (κ2) is 6.95. The van der Waals surface area contributed by atoms with Crippen LogP contribution in [0, 0.1) is 15.9 Å². The fraction of sp³-hybridized carbons (Fsp3) is 0.158. The van der Waals surface area contributed by atoms with E-state index in [0.717, 1.165) is 24.2 Å². The van der Waals surface area contributed by atoms with Crippen LogP contribution in [0.15, 0.2) is 46.5 Å². The Hall–Kier alpha value is -3.73. The van der Waals surface area contributed by atoms with Crippen molar-refractivity contribution < 1.29 is 18.7 Å². The molecule has 1 fully saturated rings. The van der Waals surface area contributed by atoms with E-state index in [1.807, 2.05) is 0 Å². The van der Waals surface area contributed by atoms with Crippen molar-refractivity contribution in [1.82, 2.24) is 15.3 Å². The molecular formula is C19H12FN5O4S. The number of nitrogens with zero attached hydrogens (tertiary/aromatic N) is 5. The van der Waals surface area contributed by atoms with E-state index in [4.69, 9.17) is 4.63 Å². The van der Waals surface area contributed by atoms with E-state index >= 15 is 0 Å². The minimum absolute atomic E-state index is 0.0557. The maximum atomic E-state index is 14.0. The Morgan fingerprint density at radius 3 is 2.67 bits per heavy atom. The Bertz CT molecular complexity index is 1290. The number of halogens is 1. The lowest BCUT2D eigenvalue weighted by Gasteiger charge is -2.24. The van der Waals surface area contributed by atoms with E-state index in [9.17, 15) is 19.3 Å². The summed E-state index contributed by atoms with van der Waals surface area (Å²) in [6.07, 6.45) is 3.28. The summed E-state index contributed by atoms with van der Waals surface area (Å²) < 4.78 is 18.7. The quantitative estimate of drug-likeness (QED) is 0.339. The lowest BCUT2D eigenvalue weighted by Crippen LogP contribution is -2.27. The molecular weight excluding hydrogens is 413 g/mol. The zero-order chi connectivity index (χ0) is 20.8. The molecule has 0 saturated heterocycles. The van der Waals surface area contributed by atoms with Crippen LogP contribution < -0.4 is 4.90 Å². The molecule has 11 heteroatoms. The average molecular weight is 425 g/mol. The Labute approximate surface area is 171 Å². The number of hydrogen-bond acceptors (Lipinski definition) is 8. The number of amides is 1. The predicted octanol–water partition coefficient (Wildman–Crippen LogP) is 4.58. The van der Waals surface area contributed by atoms with Crippen LogP contribution in [0.4, 0.5) is 21.5 Å². The van der Waals surface area contributed by atoms with Gasteiger partial charge in [-0.25, -0.2) is 14.0 Å². The molecule has 30 heavy (non-hydrogen) atoms. The average Bonchev–Trinajstić information content (AvgIpc) is 3.22. The summed E-state index contributed by atoms with van der Waals surface area (Å²) in [6, 6.07) is 6.86. The molecule has 2 aromatic carbocycles. The SMILES string of the molecule is O=C(c1nccs1)N(c1ccc(F)cc1C1CC1)c1ccc([N+](=O)[O-])c2nonc12. The molecule has 9 nitrogen and oxygen atoms in total. The van der Waals surface area contributed by atoms with Crippen molar-refractivity contribution in [3.05, 3.63) is 68.4 Å². The third-order valence-corrected chi connectivity index (χ3v) is 5.64. The lowest BCUT2D eigenvalue weighted by molar-refractivity contribution is -0.383. The molecule has 0 radical (unpaired) electrons. The minimum atomic E-state index is -0.600. The first kappa shape index (κ1) is 18.3. The minimum Gasteiger partial charge on any atom is -0.272 e. The Morgan fingerprint density at radius 2 is 1.97 bits per heavy atom. The topological polar surface area (TPSA) is 115 Å². The van der Waals surface area contributed by atoms with Gasteiger partial charge in [0.05, 0.1) is 16.3 Å². The monoisotopic (exact) mass is 425 g/mol. The van der Waals surface area contributed by atoms with Crippen molar-refractivity contribution in [2.24, 2.45) is 0 Å². The smallest absolute Gasteiger partial charge is 0.272 e. The number of carbonyl (C=O) groups excluding carboxylic acids is 1. The number of thiazole rings is 1. The normalized spacial score (nSPS) is 13.5. The largest absolute Gasteiger partial charge is 0.300 e. The molecule has 0 spiro atoms. The number of hydrogen-bond donors (Lipinski definition) is 0. The van der Waals surface area contributed by atoms with Crippen molar-refractivity contribution in [2.45, 2.75) is 18.8 Å². The lowest BCUT2D eigenvalue weighted by atomic mass is 10.1. The first-order valence-corrected chi connectivity index (χ1v) is 9.85. The van der Waals surface area contributed by atoms with Gasteiger partial charge in [0, 0.05) is 17.6 Å². The van der Waals surface area contributed by atoms with Gasteiger partial charge >= 0.3 is 5.69 Å². The van der Waals surface area contributed by atoms with Gasteiger partial charge in [-0.2, -0.15) is 0 Å². The fourth-order valence-electron chi connectivity index (χ4n) is 3.39. The van der Waals surface area contributed by atoms with Crippen LogP contribution in [0.1, 0.15) is 34.1 Å². The highest BCUT2D eigenvalue weighted by molar-refractivity contribution is 7.11. The Kier molecular flexibility index (Phi) is 4.24. The highest BCUT2D eigenvalue weighted by Crippen LogP contribution is 2.47. The molecule has 0 N–H and O–H groups in total. The third kappa shape index (κ3) is 2.99. The van der Waals surface area contributed by atoms with Crippen LogP contribution in [0.25, 0.3) is 11.0 Å². The highest BCUT2D eigenvalue weighted by Gasteiger charge is 2.34. The number of anilines is 2. The van der Waals surface area contributed by atoms with E-state index in [1.165, 1.54) is 41.4 Å². The van der Waals surface area contributed by atoms with Gasteiger partial charge < -0.3 is 0 Å². The van der Waals surface area contributed by atoms with E-state index < -0.39 is 16.6 Å². The molecule has 1 amide bonds. The highest BCUT2D eigenvalue weighted by atomic mass is 32.1. The van der Waals surface area contributed by atoms with Crippen LogP contribution in [-0.4, -0.2) is 26.1 Å². The molecule has 0 unspecified atom stereocenters. The van der Waals surface area contributed by atoms with Crippen LogP contribution in [-0.2, 0) is 0 Å². The molecule has 1 aliphatic carbocycles. The van der Waals surface area contributed by atoms with Gasteiger partial charge in [0.25, 0.3) is 5.91 Å². The molecule has 1 aliphatic rings. The van der Waals surface area contributed by atoms with Crippen LogP contribution in [0.3, 0.4) is 0 Å². The van der Waals surface area contributed by atoms with Gasteiger partial charge in [-0.3, -0.25) is 19.8 Å². The first-order chi connectivity index (χ1) is 14.5. The number of benzene rings is 2. The second-order valence-corrected chi connectivity index (χ2v) is 7.67. The van der Waals surface area contributed by atoms with E-state index in [1.54, 1.807) is 5.38 Å². The van der Waals surface area contributed by atoms with E-state index in [2.05, 4.69) is 15.3 Å². The van der Waals surface area contributed by atoms with Crippen molar-refractivity contribution in [3.63, 3.8) is 0 Å². The number of nitro benzene ring substituents is 1. The molecule has 0 atom stereocenters. The van der Waals surface area contributed by atoms with Gasteiger partial charge in [-0.05, 0) is 58.9 Å².